The Morgan fingerprint density at radius 1 is 1.42 bits per heavy atom. The number of carbonyl (C=O) groups is 1. The molecule has 3 aliphatic rings. The summed E-state index contributed by atoms with van der Waals surface area (Å²) in [6.45, 7) is 2.81. The minimum atomic E-state index is -0.0843. The van der Waals surface area contributed by atoms with Gasteiger partial charge in [0.1, 0.15) is 0 Å². The molecule has 0 aromatic carbocycles. The summed E-state index contributed by atoms with van der Waals surface area (Å²) in [6, 6.07) is 1.89. The topological polar surface area (TPSA) is 68.5 Å². The Morgan fingerprint density at radius 2 is 2.33 bits per heavy atom. The molecule has 0 bridgehead atoms. The molecule has 7 heteroatoms. The van der Waals surface area contributed by atoms with Gasteiger partial charge in [-0.25, -0.2) is 0 Å². The summed E-state index contributed by atoms with van der Waals surface area (Å²) in [4.78, 5) is 14.6. The first-order valence-corrected chi connectivity index (χ1v) is 9.39. The molecule has 1 aliphatic carbocycles. The van der Waals surface area contributed by atoms with Crippen LogP contribution in [0.1, 0.15) is 40.9 Å². The third-order valence-electron chi connectivity index (χ3n) is 5.49. The first-order chi connectivity index (χ1) is 11.7. The lowest BCUT2D eigenvalue weighted by Crippen LogP contribution is -2.35. The van der Waals surface area contributed by atoms with Gasteiger partial charge in [-0.05, 0) is 24.3 Å². The van der Waals surface area contributed by atoms with Crippen LogP contribution in [0, 0.1) is 11.3 Å². The number of likely N-dealkylation sites (tertiary alicyclic amines) is 1. The summed E-state index contributed by atoms with van der Waals surface area (Å²) < 4.78 is 11.6. The Kier molecular flexibility index (Phi) is 3.28. The van der Waals surface area contributed by atoms with Crippen LogP contribution in [0.3, 0.4) is 0 Å². The maximum Gasteiger partial charge on any atom is 0.254 e. The Bertz CT molecular complexity index is 755. The molecule has 2 aromatic rings. The highest BCUT2D eigenvalue weighted by Gasteiger charge is 2.52. The number of amides is 1. The van der Waals surface area contributed by atoms with E-state index in [1.54, 1.807) is 11.3 Å². The minimum Gasteiger partial charge on any atom is -0.425 e. The first-order valence-electron chi connectivity index (χ1n) is 8.45. The molecular formula is C17H19N3O3S. The maximum atomic E-state index is 12.7. The highest BCUT2D eigenvalue weighted by atomic mass is 32.1. The first kappa shape index (κ1) is 14.6. The van der Waals surface area contributed by atoms with E-state index in [0.717, 1.165) is 30.8 Å². The number of aromatic nitrogens is 2. The Morgan fingerprint density at radius 3 is 3.12 bits per heavy atom. The Hall–Kier alpha value is -1.73. The van der Waals surface area contributed by atoms with Gasteiger partial charge in [-0.2, -0.15) is 11.3 Å². The molecule has 5 rings (SSSR count). The zero-order chi connectivity index (χ0) is 16.1. The van der Waals surface area contributed by atoms with E-state index in [-0.39, 0.29) is 11.3 Å². The zero-order valence-electron chi connectivity index (χ0n) is 13.3. The van der Waals surface area contributed by atoms with E-state index in [4.69, 9.17) is 9.15 Å². The molecule has 4 heterocycles. The standard InChI is InChI=1S/C17H19N3O3S/c21-16(12-3-4-24-8-12)20-6-13-7-22-10-17(13,9-20)5-14-18-19-15(23-14)11-1-2-11/h3-4,8,11,13H,1-2,5-7,9-10H2/t13-,17+/m1/s1. The van der Waals surface area contributed by atoms with Crippen molar-refractivity contribution in [1.82, 2.24) is 15.1 Å². The van der Waals surface area contributed by atoms with Crippen molar-refractivity contribution in [2.75, 3.05) is 26.3 Å². The molecule has 0 N–H and O–H groups in total. The average Bonchev–Trinajstić information content (AvgIpc) is 3.01. The molecule has 0 radical (unpaired) electrons. The van der Waals surface area contributed by atoms with E-state index >= 15 is 0 Å². The number of thiophene rings is 1. The number of carbonyl (C=O) groups excluding carboxylic acids is 1. The summed E-state index contributed by atoms with van der Waals surface area (Å²) in [7, 11) is 0. The highest BCUT2D eigenvalue weighted by Crippen LogP contribution is 2.45. The summed E-state index contributed by atoms with van der Waals surface area (Å²) in [5.41, 5.74) is 0.698. The van der Waals surface area contributed by atoms with Crippen LogP contribution in [0.5, 0.6) is 0 Å². The molecule has 0 spiro atoms. The molecule has 126 valence electrons. The van der Waals surface area contributed by atoms with Crippen LogP contribution in [-0.2, 0) is 11.2 Å². The predicted octanol–water partition coefficient (Wildman–Crippen LogP) is 2.34. The fourth-order valence-corrected chi connectivity index (χ4v) is 4.57. The van der Waals surface area contributed by atoms with Gasteiger partial charge in [0.05, 0.1) is 18.8 Å². The van der Waals surface area contributed by atoms with Crippen molar-refractivity contribution in [3.05, 3.63) is 34.2 Å². The lowest BCUT2D eigenvalue weighted by atomic mass is 9.78. The van der Waals surface area contributed by atoms with E-state index in [1.807, 2.05) is 21.7 Å². The molecule has 6 nitrogen and oxygen atoms in total. The predicted molar refractivity (Wildman–Crippen MR) is 86.9 cm³/mol. The van der Waals surface area contributed by atoms with Crippen molar-refractivity contribution in [2.45, 2.75) is 25.2 Å². The van der Waals surface area contributed by atoms with Gasteiger partial charge in [0.2, 0.25) is 11.8 Å². The number of rotatable bonds is 4. The number of nitrogens with zero attached hydrogens (tertiary/aromatic N) is 3. The molecule has 1 amide bonds. The smallest absolute Gasteiger partial charge is 0.254 e. The molecule has 2 aliphatic heterocycles. The molecule has 1 saturated carbocycles. The Labute approximate surface area is 143 Å². The second-order valence-electron chi connectivity index (χ2n) is 7.26. The molecule has 3 fully saturated rings. The molecule has 2 saturated heterocycles. The van der Waals surface area contributed by atoms with E-state index < -0.39 is 0 Å². The highest BCUT2D eigenvalue weighted by molar-refractivity contribution is 7.08. The van der Waals surface area contributed by atoms with Crippen LogP contribution in [0.2, 0.25) is 0 Å². The van der Waals surface area contributed by atoms with Crippen LogP contribution < -0.4 is 0 Å². The van der Waals surface area contributed by atoms with Crippen LogP contribution in [0.15, 0.2) is 21.2 Å². The fraction of sp³-hybridized carbons (Fsp3) is 0.588. The van der Waals surface area contributed by atoms with Crippen molar-refractivity contribution < 1.29 is 13.9 Å². The monoisotopic (exact) mass is 345 g/mol. The van der Waals surface area contributed by atoms with Gasteiger partial charge in [-0.3, -0.25) is 4.79 Å². The third kappa shape index (κ3) is 2.38. The fourth-order valence-electron chi connectivity index (χ4n) is 3.94. The summed E-state index contributed by atoms with van der Waals surface area (Å²) in [6.07, 6.45) is 3.01. The molecule has 24 heavy (non-hydrogen) atoms. The van der Waals surface area contributed by atoms with Gasteiger partial charge < -0.3 is 14.1 Å². The van der Waals surface area contributed by atoms with Gasteiger partial charge in [0.15, 0.2) is 0 Å². The second-order valence-corrected chi connectivity index (χ2v) is 8.04. The molecule has 2 aromatic heterocycles. The molecular weight excluding hydrogens is 326 g/mol. The van der Waals surface area contributed by atoms with Crippen molar-refractivity contribution in [3.63, 3.8) is 0 Å². The van der Waals surface area contributed by atoms with Crippen molar-refractivity contribution in [2.24, 2.45) is 11.3 Å². The normalized spacial score (nSPS) is 29.2. The quantitative estimate of drug-likeness (QED) is 0.851. The van der Waals surface area contributed by atoms with Crippen molar-refractivity contribution in [3.8, 4) is 0 Å². The largest absolute Gasteiger partial charge is 0.425 e. The van der Waals surface area contributed by atoms with Gasteiger partial charge in [-0.1, -0.05) is 0 Å². The van der Waals surface area contributed by atoms with Crippen LogP contribution in [0.4, 0.5) is 0 Å². The maximum absolute atomic E-state index is 12.7. The van der Waals surface area contributed by atoms with Crippen molar-refractivity contribution >= 4 is 17.2 Å². The lowest BCUT2D eigenvalue weighted by Gasteiger charge is -2.25. The van der Waals surface area contributed by atoms with Crippen LogP contribution >= 0.6 is 11.3 Å². The van der Waals surface area contributed by atoms with Gasteiger partial charge >= 0.3 is 0 Å². The zero-order valence-corrected chi connectivity index (χ0v) is 14.1. The van der Waals surface area contributed by atoms with E-state index in [9.17, 15) is 4.79 Å². The van der Waals surface area contributed by atoms with Crippen LogP contribution in [-0.4, -0.2) is 47.3 Å². The van der Waals surface area contributed by atoms with E-state index in [2.05, 4.69) is 10.2 Å². The summed E-state index contributed by atoms with van der Waals surface area (Å²) >= 11 is 1.56. The number of hydrogen-bond donors (Lipinski definition) is 0. The second kappa shape index (κ2) is 5.39. The molecule has 0 unspecified atom stereocenters. The summed E-state index contributed by atoms with van der Waals surface area (Å²) in [5, 5.41) is 12.3. The Balaban J connectivity index is 1.35. The van der Waals surface area contributed by atoms with Crippen LogP contribution in [0.25, 0.3) is 0 Å². The SMILES string of the molecule is O=C(c1ccsc1)N1C[C@@H]2COC[C@]2(Cc2nnc(C3CC3)o2)C1. The van der Waals surface area contributed by atoms with Crippen molar-refractivity contribution in [1.29, 1.82) is 0 Å². The van der Waals surface area contributed by atoms with Gasteiger partial charge in [-0.15, -0.1) is 10.2 Å². The lowest BCUT2D eigenvalue weighted by molar-refractivity contribution is 0.0714. The number of ether oxygens (including phenoxy) is 1. The number of hydrogen-bond acceptors (Lipinski definition) is 6. The third-order valence-corrected chi connectivity index (χ3v) is 6.17. The average molecular weight is 345 g/mol. The van der Waals surface area contributed by atoms with Gasteiger partial charge in [0, 0.05) is 42.1 Å². The minimum absolute atomic E-state index is 0.0843. The molecule has 2 atom stereocenters. The van der Waals surface area contributed by atoms with E-state index in [0.29, 0.717) is 43.9 Å². The van der Waals surface area contributed by atoms with E-state index in [1.165, 1.54) is 0 Å². The van der Waals surface area contributed by atoms with Gasteiger partial charge in [0.25, 0.3) is 5.91 Å². The summed E-state index contributed by atoms with van der Waals surface area (Å²) in [5.74, 6) is 2.41. The number of fused-ring (bicyclic) bond motifs is 1.